The summed E-state index contributed by atoms with van der Waals surface area (Å²) in [5.74, 6) is -0.132. The van der Waals surface area contributed by atoms with E-state index in [1.165, 1.54) is 0 Å². The molecule has 0 bridgehead atoms. The van der Waals surface area contributed by atoms with Gasteiger partial charge in [-0.15, -0.1) is 0 Å². The van der Waals surface area contributed by atoms with Crippen LogP contribution in [0.15, 0.2) is 28.9 Å². The number of rotatable bonds is 6. The lowest BCUT2D eigenvalue weighted by molar-refractivity contribution is 0.0170. The molecule has 1 aromatic carbocycles. The van der Waals surface area contributed by atoms with Crippen LogP contribution in [0.1, 0.15) is 16.8 Å². The molecule has 19 heavy (non-hydrogen) atoms. The third-order valence-corrected chi connectivity index (χ3v) is 3.33. The largest absolute Gasteiger partial charge is 0.375 e. The number of nitrogens with one attached hydrogen (secondary N) is 1. The van der Waals surface area contributed by atoms with Crippen LogP contribution in [0.5, 0.6) is 0 Å². The van der Waals surface area contributed by atoms with E-state index in [0.717, 1.165) is 15.4 Å². The summed E-state index contributed by atoms with van der Waals surface area (Å²) in [7, 11) is 0. The summed E-state index contributed by atoms with van der Waals surface area (Å²) >= 11 is 3.39. The van der Waals surface area contributed by atoms with E-state index < -0.39 is 13.0 Å². The summed E-state index contributed by atoms with van der Waals surface area (Å²) in [5, 5.41) is 0.807. The molecule has 0 amide bonds. The fourth-order valence-electron chi connectivity index (χ4n) is 1.83. The van der Waals surface area contributed by atoms with E-state index >= 15 is 0 Å². The van der Waals surface area contributed by atoms with Gasteiger partial charge in [0.05, 0.1) is 6.61 Å². The third-order valence-electron chi connectivity index (χ3n) is 2.67. The lowest BCUT2D eigenvalue weighted by atomic mass is 10.1. The Hall–Kier alpha value is -1.27. The van der Waals surface area contributed by atoms with Crippen molar-refractivity contribution in [2.75, 3.05) is 13.2 Å². The van der Waals surface area contributed by atoms with E-state index in [1.807, 2.05) is 18.2 Å². The predicted octanol–water partition coefficient (Wildman–Crippen LogP) is 3.78. The number of Topliss-reactive ketones (excluding diaryl/α,β-unsaturated/α-hetero) is 1. The maximum absolute atomic E-state index is 12.0. The summed E-state index contributed by atoms with van der Waals surface area (Å²) in [6.45, 7) is -0.634. The van der Waals surface area contributed by atoms with E-state index in [-0.39, 0.29) is 18.8 Å². The van der Waals surface area contributed by atoms with Crippen molar-refractivity contribution in [2.24, 2.45) is 0 Å². The second-order valence-corrected chi connectivity index (χ2v) is 4.86. The van der Waals surface area contributed by atoms with Crippen molar-refractivity contribution in [1.29, 1.82) is 0 Å². The quantitative estimate of drug-likeness (QED) is 0.646. The number of halogens is 3. The average Bonchev–Trinajstić information content (AvgIpc) is 2.79. The minimum Gasteiger partial charge on any atom is -0.375 e. The van der Waals surface area contributed by atoms with E-state index in [4.69, 9.17) is 4.74 Å². The van der Waals surface area contributed by atoms with Crippen LogP contribution in [0.4, 0.5) is 8.78 Å². The molecular formula is C13H12BrF2NO2. The zero-order valence-corrected chi connectivity index (χ0v) is 11.5. The minimum absolute atomic E-state index is 0.000297. The first kappa shape index (κ1) is 14.1. The van der Waals surface area contributed by atoms with Crippen LogP contribution in [0.25, 0.3) is 10.9 Å². The maximum Gasteiger partial charge on any atom is 0.261 e. The average molecular weight is 332 g/mol. The number of aromatic amines is 1. The van der Waals surface area contributed by atoms with Gasteiger partial charge in [0.2, 0.25) is 0 Å². The Morgan fingerprint density at radius 2 is 2.21 bits per heavy atom. The van der Waals surface area contributed by atoms with Gasteiger partial charge in [0.1, 0.15) is 6.61 Å². The van der Waals surface area contributed by atoms with E-state index in [0.29, 0.717) is 5.56 Å². The number of H-pyrrole nitrogens is 1. The molecule has 0 spiro atoms. The SMILES string of the molecule is O=C(CCOCC(F)F)c1c[nH]c2cccc(Br)c12. The van der Waals surface area contributed by atoms with Gasteiger partial charge in [0.25, 0.3) is 6.43 Å². The third kappa shape index (κ3) is 3.39. The van der Waals surface area contributed by atoms with Crippen molar-refractivity contribution in [3.8, 4) is 0 Å². The van der Waals surface area contributed by atoms with Crippen molar-refractivity contribution in [2.45, 2.75) is 12.8 Å². The normalized spacial score (nSPS) is 11.4. The summed E-state index contributed by atoms with van der Waals surface area (Å²) in [5.41, 5.74) is 1.40. The lowest BCUT2D eigenvalue weighted by Crippen LogP contribution is -2.09. The highest BCUT2D eigenvalue weighted by atomic mass is 79.9. The van der Waals surface area contributed by atoms with Crippen LogP contribution in [0, 0.1) is 0 Å². The molecule has 6 heteroatoms. The maximum atomic E-state index is 12.0. The van der Waals surface area contributed by atoms with Gasteiger partial charge in [0.15, 0.2) is 5.78 Å². The van der Waals surface area contributed by atoms with Crippen LogP contribution in [0.3, 0.4) is 0 Å². The Labute approximate surface area is 117 Å². The second-order valence-electron chi connectivity index (χ2n) is 4.00. The number of hydrogen-bond donors (Lipinski definition) is 1. The molecule has 0 fully saturated rings. The molecule has 2 aromatic rings. The Morgan fingerprint density at radius 3 is 2.95 bits per heavy atom. The van der Waals surface area contributed by atoms with Gasteiger partial charge in [-0.1, -0.05) is 22.0 Å². The molecule has 0 aliphatic rings. The molecular weight excluding hydrogens is 320 g/mol. The molecule has 0 aliphatic heterocycles. The van der Waals surface area contributed by atoms with Gasteiger partial charge in [-0.3, -0.25) is 4.79 Å². The van der Waals surface area contributed by atoms with Crippen molar-refractivity contribution < 1.29 is 18.3 Å². The Kier molecular flexibility index (Phi) is 4.66. The number of carbonyl (C=O) groups is 1. The molecule has 0 saturated heterocycles. The highest BCUT2D eigenvalue weighted by Gasteiger charge is 2.14. The second kappa shape index (κ2) is 6.25. The highest BCUT2D eigenvalue weighted by Crippen LogP contribution is 2.27. The molecule has 2 rings (SSSR count). The lowest BCUT2D eigenvalue weighted by Gasteiger charge is -2.03. The first-order valence-corrected chi connectivity index (χ1v) is 6.53. The van der Waals surface area contributed by atoms with Crippen molar-refractivity contribution >= 4 is 32.6 Å². The summed E-state index contributed by atoms with van der Waals surface area (Å²) < 4.78 is 29.3. The van der Waals surface area contributed by atoms with E-state index in [2.05, 4.69) is 20.9 Å². The zero-order chi connectivity index (χ0) is 13.8. The molecule has 1 N–H and O–H groups in total. The van der Waals surface area contributed by atoms with E-state index in [9.17, 15) is 13.6 Å². The molecule has 3 nitrogen and oxygen atoms in total. The Morgan fingerprint density at radius 1 is 1.42 bits per heavy atom. The fraction of sp³-hybridized carbons (Fsp3) is 0.308. The minimum atomic E-state index is -2.50. The van der Waals surface area contributed by atoms with Crippen molar-refractivity contribution in [1.82, 2.24) is 4.98 Å². The smallest absolute Gasteiger partial charge is 0.261 e. The first-order chi connectivity index (χ1) is 9.09. The zero-order valence-electron chi connectivity index (χ0n) is 9.96. The van der Waals surface area contributed by atoms with Gasteiger partial charge in [0, 0.05) is 33.6 Å². The summed E-state index contributed by atoms with van der Waals surface area (Å²) in [6.07, 6.45) is -0.788. The van der Waals surface area contributed by atoms with Gasteiger partial charge in [-0.2, -0.15) is 0 Å². The highest BCUT2D eigenvalue weighted by molar-refractivity contribution is 9.10. The van der Waals surface area contributed by atoms with Gasteiger partial charge in [-0.25, -0.2) is 8.78 Å². The van der Waals surface area contributed by atoms with Crippen molar-refractivity contribution in [3.05, 3.63) is 34.4 Å². The molecule has 0 radical (unpaired) electrons. The molecule has 102 valence electrons. The summed E-state index contributed by atoms with van der Waals surface area (Å²) in [4.78, 5) is 15.0. The number of benzene rings is 1. The van der Waals surface area contributed by atoms with Crippen LogP contribution < -0.4 is 0 Å². The predicted molar refractivity (Wildman–Crippen MR) is 71.8 cm³/mol. The number of carbonyl (C=O) groups excluding carboxylic acids is 1. The first-order valence-electron chi connectivity index (χ1n) is 5.74. The summed E-state index contributed by atoms with van der Waals surface area (Å²) in [6, 6.07) is 5.58. The number of aromatic nitrogens is 1. The number of ether oxygens (including phenoxy) is 1. The van der Waals surface area contributed by atoms with Crippen molar-refractivity contribution in [3.63, 3.8) is 0 Å². The van der Waals surface area contributed by atoms with E-state index in [1.54, 1.807) is 6.20 Å². The van der Waals surface area contributed by atoms with Gasteiger partial charge in [-0.05, 0) is 12.1 Å². The van der Waals surface area contributed by atoms with Crippen LogP contribution in [-0.4, -0.2) is 30.4 Å². The molecule has 0 atom stereocenters. The molecule has 1 heterocycles. The number of hydrogen-bond acceptors (Lipinski definition) is 2. The molecule has 0 aliphatic carbocycles. The number of alkyl halides is 2. The molecule has 0 unspecified atom stereocenters. The number of fused-ring (bicyclic) bond motifs is 1. The number of ketones is 1. The Balaban J connectivity index is 2.05. The molecule has 1 aromatic heterocycles. The molecule has 0 saturated carbocycles. The van der Waals surface area contributed by atoms with Gasteiger partial charge >= 0.3 is 0 Å². The fourth-order valence-corrected chi connectivity index (χ4v) is 2.41. The van der Waals surface area contributed by atoms with Crippen LogP contribution in [-0.2, 0) is 4.74 Å². The monoisotopic (exact) mass is 331 g/mol. The van der Waals surface area contributed by atoms with Crippen LogP contribution >= 0.6 is 15.9 Å². The van der Waals surface area contributed by atoms with Crippen LogP contribution in [0.2, 0.25) is 0 Å². The Bertz CT molecular complexity index is 583. The topological polar surface area (TPSA) is 42.1 Å². The van der Waals surface area contributed by atoms with Gasteiger partial charge < -0.3 is 9.72 Å². The standard InChI is InChI=1S/C13H12BrF2NO2/c14-9-2-1-3-10-13(9)8(6-17-10)11(18)4-5-19-7-12(15)16/h1-3,6,12,17H,4-5,7H2.